The van der Waals surface area contributed by atoms with E-state index in [0.29, 0.717) is 28.3 Å². The molecule has 2 aliphatic heterocycles. The van der Waals surface area contributed by atoms with E-state index in [-0.39, 0.29) is 5.97 Å². The van der Waals surface area contributed by atoms with Gasteiger partial charge in [-0.2, -0.15) is 0 Å². The van der Waals surface area contributed by atoms with Gasteiger partial charge in [0.25, 0.3) is 5.91 Å². The largest absolute Gasteiger partial charge is 0.422 e. The number of cyclic esters (lactones) is 1. The van der Waals surface area contributed by atoms with Crippen LogP contribution in [0, 0.1) is 0 Å². The highest BCUT2D eigenvalue weighted by atomic mass is 16.5. The summed E-state index contributed by atoms with van der Waals surface area (Å²) in [6, 6.07) is 21.8. The Hall–Kier alpha value is -3.70. The molecule has 1 N–H and O–H groups in total. The van der Waals surface area contributed by atoms with Crippen molar-refractivity contribution in [2.24, 2.45) is 0 Å². The molecule has 29 heavy (non-hydrogen) atoms. The van der Waals surface area contributed by atoms with Gasteiger partial charge in [-0.25, -0.2) is 4.79 Å². The standard InChI is InChI=1S/C24H17NO4/c1-24(28)19-11-4-5-12-20(19)25(23(24)27)16-8-6-7-15(13-16)14-21-17-9-2-3-10-18(17)22(26)29-21/h2-14,28H,1H3. The van der Waals surface area contributed by atoms with Crippen molar-refractivity contribution in [2.75, 3.05) is 4.90 Å². The molecule has 5 heteroatoms. The summed E-state index contributed by atoms with van der Waals surface area (Å²) in [7, 11) is 0. The average Bonchev–Trinajstić information content (AvgIpc) is 3.14. The summed E-state index contributed by atoms with van der Waals surface area (Å²) in [4.78, 5) is 26.5. The molecule has 1 unspecified atom stereocenters. The number of aliphatic hydroxyl groups is 1. The summed E-state index contributed by atoms with van der Waals surface area (Å²) < 4.78 is 5.41. The number of ether oxygens (including phenoxy) is 1. The molecule has 142 valence electrons. The number of amides is 1. The Morgan fingerprint density at radius 2 is 1.66 bits per heavy atom. The van der Waals surface area contributed by atoms with Gasteiger partial charge in [0.1, 0.15) is 5.76 Å². The quantitative estimate of drug-likeness (QED) is 0.672. The van der Waals surface area contributed by atoms with Crippen LogP contribution in [-0.2, 0) is 15.1 Å². The number of carbonyl (C=O) groups excluding carboxylic acids is 2. The van der Waals surface area contributed by atoms with Crippen LogP contribution in [0.2, 0.25) is 0 Å². The zero-order valence-corrected chi connectivity index (χ0v) is 15.6. The predicted molar refractivity (Wildman–Crippen MR) is 109 cm³/mol. The zero-order valence-electron chi connectivity index (χ0n) is 15.6. The van der Waals surface area contributed by atoms with E-state index in [1.165, 1.54) is 11.8 Å². The van der Waals surface area contributed by atoms with Crippen molar-refractivity contribution in [3.8, 4) is 0 Å². The number of para-hydroxylation sites is 1. The van der Waals surface area contributed by atoms with Gasteiger partial charge in [-0.15, -0.1) is 0 Å². The van der Waals surface area contributed by atoms with Crippen LogP contribution >= 0.6 is 0 Å². The first kappa shape index (κ1) is 17.4. The maximum absolute atomic E-state index is 12.9. The molecule has 1 amide bonds. The first-order valence-electron chi connectivity index (χ1n) is 9.26. The molecular weight excluding hydrogens is 366 g/mol. The molecule has 0 radical (unpaired) electrons. The third-order valence-corrected chi connectivity index (χ3v) is 5.33. The molecule has 0 bridgehead atoms. The van der Waals surface area contributed by atoms with Crippen LogP contribution in [0.15, 0.2) is 72.8 Å². The fourth-order valence-electron chi connectivity index (χ4n) is 3.88. The van der Waals surface area contributed by atoms with Crippen LogP contribution in [0.4, 0.5) is 11.4 Å². The van der Waals surface area contributed by atoms with Crippen molar-refractivity contribution in [3.63, 3.8) is 0 Å². The van der Waals surface area contributed by atoms with Crippen molar-refractivity contribution in [2.45, 2.75) is 12.5 Å². The second kappa shape index (κ2) is 6.15. The van der Waals surface area contributed by atoms with Gasteiger partial charge in [-0.1, -0.05) is 48.5 Å². The first-order chi connectivity index (χ1) is 14.0. The normalized spacial score (nSPS) is 21.3. The number of benzene rings is 3. The van der Waals surface area contributed by atoms with Crippen molar-refractivity contribution < 1.29 is 19.4 Å². The number of hydrogen-bond donors (Lipinski definition) is 1. The Labute approximate surface area is 167 Å². The van der Waals surface area contributed by atoms with Crippen molar-refractivity contribution in [1.29, 1.82) is 0 Å². The smallest absolute Gasteiger partial charge is 0.344 e. The molecule has 5 rings (SSSR count). The van der Waals surface area contributed by atoms with E-state index in [4.69, 9.17) is 4.74 Å². The molecule has 0 saturated heterocycles. The highest BCUT2D eigenvalue weighted by Gasteiger charge is 2.46. The minimum Gasteiger partial charge on any atom is -0.422 e. The summed E-state index contributed by atoms with van der Waals surface area (Å²) in [5.74, 6) is -0.299. The Balaban J connectivity index is 1.57. The van der Waals surface area contributed by atoms with Crippen molar-refractivity contribution in [1.82, 2.24) is 0 Å². The van der Waals surface area contributed by atoms with Gasteiger partial charge in [-0.05, 0) is 42.8 Å². The van der Waals surface area contributed by atoms with Crippen molar-refractivity contribution in [3.05, 3.63) is 95.1 Å². The Morgan fingerprint density at radius 3 is 2.48 bits per heavy atom. The molecule has 0 fully saturated rings. The molecular formula is C24H17NO4. The lowest BCUT2D eigenvalue weighted by Gasteiger charge is -2.20. The molecule has 2 aliphatic rings. The average molecular weight is 383 g/mol. The van der Waals surface area contributed by atoms with E-state index in [1.54, 1.807) is 30.3 Å². The predicted octanol–water partition coefficient (Wildman–Crippen LogP) is 4.24. The SMILES string of the molecule is CC1(O)C(=O)N(c2cccc(C=C3OC(=O)c4ccccc43)c2)c2ccccc21. The highest BCUT2D eigenvalue weighted by molar-refractivity contribution is 6.12. The number of esters is 1. The number of nitrogens with zero attached hydrogens (tertiary/aromatic N) is 1. The summed E-state index contributed by atoms with van der Waals surface area (Å²) in [5.41, 5.74) is 2.34. The van der Waals surface area contributed by atoms with Gasteiger partial charge >= 0.3 is 5.97 Å². The molecule has 0 saturated carbocycles. The van der Waals surface area contributed by atoms with Gasteiger partial charge in [0, 0.05) is 16.8 Å². The lowest BCUT2D eigenvalue weighted by Crippen LogP contribution is -2.35. The summed E-state index contributed by atoms with van der Waals surface area (Å²) in [5, 5.41) is 10.7. The number of hydrogen-bond acceptors (Lipinski definition) is 4. The second-order valence-corrected chi connectivity index (χ2v) is 7.27. The molecule has 0 spiro atoms. The fourth-order valence-corrected chi connectivity index (χ4v) is 3.88. The maximum Gasteiger partial charge on any atom is 0.344 e. The third kappa shape index (κ3) is 2.59. The molecule has 0 aromatic heterocycles. The van der Waals surface area contributed by atoms with E-state index in [1.807, 2.05) is 48.5 Å². The molecule has 0 aliphatic carbocycles. The number of rotatable bonds is 2. The Bertz CT molecular complexity index is 1210. The number of fused-ring (bicyclic) bond motifs is 2. The lowest BCUT2D eigenvalue weighted by atomic mass is 9.98. The van der Waals surface area contributed by atoms with Crippen LogP contribution in [-0.4, -0.2) is 17.0 Å². The first-order valence-corrected chi connectivity index (χ1v) is 9.26. The molecule has 5 nitrogen and oxygen atoms in total. The molecule has 2 heterocycles. The third-order valence-electron chi connectivity index (χ3n) is 5.33. The van der Waals surface area contributed by atoms with Gasteiger partial charge in [-0.3, -0.25) is 9.69 Å². The minimum absolute atomic E-state index is 0.373. The Morgan fingerprint density at radius 1 is 0.931 bits per heavy atom. The van der Waals surface area contributed by atoms with E-state index in [9.17, 15) is 14.7 Å². The monoisotopic (exact) mass is 383 g/mol. The topological polar surface area (TPSA) is 66.8 Å². The number of carbonyl (C=O) groups is 2. The molecule has 3 aromatic carbocycles. The van der Waals surface area contributed by atoms with Crippen molar-refractivity contribution >= 4 is 35.1 Å². The van der Waals surface area contributed by atoms with Crippen LogP contribution in [0.1, 0.15) is 34.0 Å². The highest BCUT2D eigenvalue weighted by Crippen LogP contribution is 2.44. The van der Waals surface area contributed by atoms with Crippen LogP contribution < -0.4 is 4.90 Å². The maximum atomic E-state index is 12.9. The molecule has 3 aromatic rings. The van der Waals surface area contributed by atoms with E-state index in [0.717, 1.165) is 11.1 Å². The summed E-state index contributed by atoms with van der Waals surface area (Å²) >= 11 is 0. The fraction of sp³-hybridized carbons (Fsp3) is 0.0833. The van der Waals surface area contributed by atoms with Crippen LogP contribution in [0.25, 0.3) is 11.8 Å². The van der Waals surface area contributed by atoms with Gasteiger partial charge < -0.3 is 9.84 Å². The van der Waals surface area contributed by atoms with Crippen LogP contribution in [0.3, 0.4) is 0 Å². The van der Waals surface area contributed by atoms with Gasteiger partial charge in [0.15, 0.2) is 5.60 Å². The lowest BCUT2D eigenvalue weighted by molar-refractivity contribution is -0.133. The van der Waals surface area contributed by atoms with Gasteiger partial charge in [0.05, 0.1) is 11.3 Å². The zero-order chi connectivity index (χ0) is 20.2. The van der Waals surface area contributed by atoms with E-state index < -0.39 is 11.5 Å². The second-order valence-electron chi connectivity index (χ2n) is 7.27. The number of anilines is 2. The van der Waals surface area contributed by atoms with Crippen LogP contribution in [0.5, 0.6) is 0 Å². The summed E-state index contributed by atoms with van der Waals surface area (Å²) in [6.45, 7) is 1.51. The van der Waals surface area contributed by atoms with Gasteiger partial charge in [0.2, 0.25) is 0 Å². The Kier molecular flexibility index (Phi) is 3.69. The molecule has 1 atom stereocenters. The van der Waals surface area contributed by atoms with E-state index >= 15 is 0 Å². The summed E-state index contributed by atoms with van der Waals surface area (Å²) in [6.07, 6.45) is 1.78. The minimum atomic E-state index is -1.58. The van der Waals surface area contributed by atoms with E-state index in [2.05, 4.69) is 0 Å².